The summed E-state index contributed by atoms with van der Waals surface area (Å²) in [6, 6.07) is 1.39. The van der Waals surface area contributed by atoms with Crippen molar-refractivity contribution in [2.75, 3.05) is 26.2 Å². The van der Waals surface area contributed by atoms with E-state index in [1.807, 2.05) is 0 Å². The van der Waals surface area contributed by atoms with Gasteiger partial charge in [0.15, 0.2) is 0 Å². The van der Waals surface area contributed by atoms with Crippen molar-refractivity contribution < 1.29 is 0 Å². The lowest BCUT2D eigenvalue weighted by atomic mass is 9.95. The summed E-state index contributed by atoms with van der Waals surface area (Å²) in [6.45, 7) is 11.4. The Bertz CT molecular complexity index is 241. The van der Waals surface area contributed by atoms with Crippen molar-refractivity contribution in [1.82, 2.24) is 9.80 Å². The summed E-state index contributed by atoms with van der Waals surface area (Å²) in [4.78, 5) is 5.27. The van der Waals surface area contributed by atoms with E-state index in [1.54, 1.807) is 0 Å². The molecule has 0 bridgehead atoms. The van der Waals surface area contributed by atoms with Crippen LogP contribution >= 0.6 is 0 Å². The molecule has 2 N–H and O–H groups in total. The Kier molecular flexibility index (Phi) is 3.57. The van der Waals surface area contributed by atoms with E-state index in [4.69, 9.17) is 5.73 Å². The highest BCUT2D eigenvalue weighted by Crippen LogP contribution is 2.34. The Morgan fingerprint density at radius 2 is 2.12 bits per heavy atom. The van der Waals surface area contributed by atoms with Gasteiger partial charge in [0.2, 0.25) is 0 Å². The molecule has 2 heterocycles. The van der Waals surface area contributed by atoms with Crippen LogP contribution in [0.3, 0.4) is 0 Å². The van der Waals surface area contributed by atoms with E-state index in [0.29, 0.717) is 6.04 Å². The highest BCUT2D eigenvalue weighted by atomic mass is 15.3. The van der Waals surface area contributed by atoms with Crippen LogP contribution in [0.2, 0.25) is 0 Å². The number of hydrogen-bond donors (Lipinski definition) is 1. The van der Waals surface area contributed by atoms with Crippen molar-refractivity contribution in [2.24, 2.45) is 5.73 Å². The minimum Gasteiger partial charge on any atom is -0.329 e. The smallest absolute Gasteiger partial charge is 0.0473 e. The summed E-state index contributed by atoms with van der Waals surface area (Å²) in [5, 5.41) is 0. The van der Waals surface area contributed by atoms with Crippen LogP contribution < -0.4 is 5.73 Å². The number of likely N-dealkylation sites (tertiary alicyclic amines) is 2. The van der Waals surface area contributed by atoms with Crippen LogP contribution in [0.1, 0.15) is 40.0 Å². The quantitative estimate of drug-likeness (QED) is 0.785. The van der Waals surface area contributed by atoms with E-state index in [1.165, 1.54) is 38.9 Å². The van der Waals surface area contributed by atoms with E-state index >= 15 is 0 Å². The maximum Gasteiger partial charge on any atom is 0.0473 e. The lowest BCUT2D eigenvalue weighted by Crippen LogP contribution is -2.57. The van der Waals surface area contributed by atoms with Gasteiger partial charge < -0.3 is 5.73 Å². The molecule has 2 atom stereocenters. The molecule has 0 aromatic rings. The van der Waals surface area contributed by atoms with Crippen molar-refractivity contribution in [3.63, 3.8) is 0 Å². The Hall–Kier alpha value is -0.120. The average molecular weight is 225 g/mol. The van der Waals surface area contributed by atoms with E-state index in [2.05, 4.69) is 30.6 Å². The van der Waals surface area contributed by atoms with Crippen LogP contribution in [0, 0.1) is 0 Å². The second-order valence-electron chi connectivity index (χ2n) is 5.93. The number of rotatable bonds is 3. The zero-order valence-corrected chi connectivity index (χ0v) is 11.1. The molecule has 0 spiro atoms. The Morgan fingerprint density at radius 1 is 1.38 bits per heavy atom. The van der Waals surface area contributed by atoms with Gasteiger partial charge >= 0.3 is 0 Å². The van der Waals surface area contributed by atoms with Gasteiger partial charge in [-0.2, -0.15) is 0 Å². The summed E-state index contributed by atoms with van der Waals surface area (Å²) in [5.41, 5.74) is 6.38. The average Bonchev–Trinajstić information content (AvgIpc) is 2.84. The first-order chi connectivity index (χ1) is 7.59. The molecule has 2 fully saturated rings. The fraction of sp³-hybridized carbons (Fsp3) is 1.00. The van der Waals surface area contributed by atoms with Crippen molar-refractivity contribution >= 4 is 0 Å². The first kappa shape index (κ1) is 12.3. The molecular formula is C13H27N3. The van der Waals surface area contributed by atoms with Crippen LogP contribution in [-0.4, -0.2) is 53.6 Å². The van der Waals surface area contributed by atoms with Crippen LogP contribution in [0.15, 0.2) is 0 Å². The van der Waals surface area contributed by atoms with E-state index in [0.717, 1.165) is 12.6 Å². The molecule has 2 unspecified atom stereocenters. The molecule has 3 nitrogen and oxygen atoms in total. The fourth-order valence-electron chi connectivity index (χ4n) is 3.48. The highest BCUT2D eigenvalue weighted by molar-refractivity contribution is 5.03. The molecule has 2 saturated heterocycles. The van der Waals surface area contributed by atoms with Crippen molar-refractivity contribution in [3.8, 4) is 0 Å². The van der Waals surface area contributed by atoms with Gasteiger partial charge in [0.1, 0.15) is 0 Å². The van der Waals surface area contributed by atoms with Crippen LogP contribution in [0.4, 0.5) is 0 Å². The molecule has 0 aromatic carbocycles. The first-order valence-electron chi connectivity index (χ1n) is 6.80. The SMILES string of the molecule is CC(C)N1CCC(CN)(N2CCCC2C)C1. The van der Waals surface area contributed by atoms with Crippen LogP contribution in [0.25, 0.3) is 0 Å². The third-order valence-electron chi connectivity index (χ3n) is 4.63. The third-order valence-corrected chi connectivity index (χ3v) is 4.63. The summed E-state index contributed by atoms with van der Waals surface area (Å²) < 4.78 is 0. The number of hydrogen-bond acceptors (Lipinski definition) is 3. The predicted octanol–water partition coefficient (Wildman–Crippen LogP) is 1.28. The Labute approximate surface area is 100.0 Å². The Morgan fingerprint density at radius 3 is 2.56 bits per heavy atom. The zero-order valence-electron chi connectivity index (χ0n) is 11.1. The third kappa shape index (κ3) is 2.01. The second kappa shape index (κ2) is 4.63. The highest BCUT2D eigenvalue weighted by Gasteiger charge is 2.45. The first-order valence-corrected chi connectivity index (χ1v) is 6.80. The van der Waals surface area contributed by atoms with Gasteiger partial charge in [0.05, 0.1) is 0 Å². The van der Waals surface area contributed by atoms with E-state index in [9.17, 15) is 0 Å². The number of nitrogens with zero attached hydrogens (tertiary/aromatic N) is 2. The maximum atomic E-state index is 6.10. The lowest BCUT2D eigenvalue weighted by Gasteiger charge is -2.41. The molecule has 3 heteroatoms. The van der Waals surface area contributed by atoms with Gasteiger partial charge in [-0.25, -0.2) is 0 Å². The molecule has 16 heavy (non-hydrogen) atoms. The van der Waals surface area contributed by atoms with Gasteiger partial charge in [-0.05, 0) is 46.6 Å². The molecule has 2 aliphatic heterocycles. The van der Waals surface area contributed by atoms with Crippen molar-refractivity contribution in [2.45, 2.75) is 57.7 Å². The van der Waals surface area contributed by atoms with Gasteiger partial charge in [-0.1, -0.05) is 0 Å². The maximum absolute atomic E-state index is 6.10. The normalized spacial score (nSPS) is 37.7. The molecule has 94 valence electrons. The summed E-state index contributed by atoms with van der Waals surface area (Å²) in [5.74, 6) is 0. The second-order valence-corrected chi connectivity index (χ2v) is 5.93. The topological polar surface area (TPSA) is 32.5 Å². The lowest BCUT2D eigenvalue weighted by molar-refractivity contribution is 0.0880. The molecule has 0 amide bonds. The van der Waals surface area contributed by atoms with Gasteiger partial charge in [0, 0.05) is 37.3 Å². The van der Waals surface area contributed by atoms with Crippen molar-refractivity contribution in [3.05, 3.63) is 0 Å². The van der Waals surface area contributed by atoms with Gasteiger partial charge in [-0.15, -0.1) is 0 Å². The fourth-order valence-corrected chi connectivity index (χ4v) is 3.48. The minimum atomic E-state index is 0.278. The standard InChI is InChI=1S/C13H27N3/c1-11(2)15-8-6-13(9-14,10-15)16-7-4-5-12(16)3/h11-12H,4-10,14H2,1-3H3. The predicted molar refractivity (Wildman–Crippen MR) is 68.5 cm³/mol. The van der Waals surface area contributed by atoms with Gasteiger partial charge in [-0.3, -0.25) is 9.80 Å². The zero-order chi connectivity index (χ0) is 11.8. The molecule has 2 aliphatic rings. The monoisotopic (exact) mass is 225 g/mol. The summed E-state index contributed by atoms with van der Waals surface area (Å²) in [7, 11) is 0. The molecule has 0 aromatic heterocycles. The molecule has 0 aliphatic carbocycles. The summed E-state index contributed by atoms with van der Waals surface area (Å²) >= 11 is 0. The van der Waals surface area contributed by atoms with Crippen molar-refractivity contribution in [1.29, 1.82) is 0 Å². The molecule has 2 rings (SSSR count). The van der Waals surface area contributed by atoms with E-state index < -0.39 is 0 Å². The molecule has 0 saturated carbocycles. The minimum absolute atomic E-state index is 0.278. The Balaban J connectivity index is 2.09. The molecule has 0 radical (unpaired) electrons. The summed E-state index contributed by atoms with van der Waals surface area (Å²) in [6.07, 6.45) is 3.96. The van der Waals surface area contributed by atoms with Crippen LogP contribution in [-0.2, 0) is 0 Å². The number of nitrogens with two attached hydrogens (primary N) is 1. The van der Waals surface area contributed by atoms with Crippen LogP contribution in [0.5, 0.6) is 0 Å². The molecular weight excluding hydrogens is 198 g/mol. The van der Waals surface area contributed by atoms with E-state index in [-0.39, 0.29) is 5.54 Å². The largest absolute Gasteiger partial charge is 0.329 e. The van der Waals surface area contributed by atoms with Gasteiger partial charge in [0.25, 0.3) is 0 Å².